The number of hydrogen-bond donors (Lipinski definition) is 0. The van der Waals surface area contributed by atoms with Gasteiger partial charge in [0.25, 0.3) is 0 Å². The molecule has 0 saturated carbocycles. The quantitative estimate of drug-likeness (QED) is 0.405. The Morgan fingerprint density at radius 1 is 1.08 bits per heavy atom. The van der Waals surface area contributed by atoms with Crippen molar-refractivity contribution in [1.29, 1.82) is 0 Å². The average molecular weight is 202 g/mol. The summed E-state index contributed by atoms with van der Waals surface area (Å²) in [5.74, 6) is 0. The molecule has 0 N–H and O–H groups in total. The van der Waals surface area contributed by atoms with Crippen LogP contribution in [0.5, 0.6) is 0 Å². The van der Waals surface area contributed by atoms with Gasteiger partial charge in [0, 0.05) is 6.42 Å². The third-order valence-corrected chi connectivity index (χ3v) is 1.88. The Hall–Kier alpha value is 0.526. The normalized spacial score (nSPS) is 8.92. The van der Waals surface area contributed by atoms with Crippen LogP contribution in [0.25, 0.3) is 0 Å². The predicted molar refractivity (Wildman–Crippen MR) is 57.2 cm³/mol. The second kappa shape index (κ2) is 9.10. The number of carbonyl (C=O) groups is 1. The number of aldehydes is 1. The Morgan fingerprint density at radius 2 is 1.77 bits per heavy atom. The van der Waals surface area contributed by atoms with Crippen LogP contribution in [0, 0.1) is 0 Å². The van der Waals surface area contributed by atoms with Crippen molar-refractivity contribution in [2.45, 2.75) is 25.7 Å². The van der Waals surface area contributed by atoms with Gasteiger partial charge in [0.1, 0.15) is 6.29 Å². The van der Waals surface area contributed by atoms with Crippen LogP contribution < -0.4 is 0 Å². The molecule has 0 heterocycles. The Morgan fingerprint density at radius 3 is 2.38 bits per heavy atom. The van der Waals surface area contributed by atoms with E-state index in [2.05, 4.69) is 24.3 Å². The molecule has 0 unspecified atom stereocenters. The van der Waals surface area contributed by atoms with E-state index in [0.29, 0.717) is 6.42 Å². The van der Waals surface area contributed by atoms with Crippen molar-refractivity contribution in [1.82, 2.24) is 0 Å². The van der Waals surface area contributed by atoms with E-state index in [4.69, 9.17) is 0 Å². The first-order valence-corrected chi connectivity index (χ1v) is 4.41. The van der Waals surface area contributed by atoms with Gasteiger partial charge in [0.05, 0.1) is 0 Å². The Bertz CT molecular complexity index is 221. The summed E-state index contributed by atoms with van der Waals surface area (Å²) in [6.45, 7) is 0. The van der Waals surface area contributed by atoms with Gasteiger partial charge in [-0.25, -0.2) is 0 Å². The summed E-state index contributed by atoms with van der Waals surface area (Å²) in [6, 6.07) is 10.4. The van der Waals surface area contributed by atoms with Crippen molar-refractivity contribution in [3.63, 3.8) is 0 Å². The number of benzene rings is 1. The molecule has 0 spiro atoms. The first-order chi connectivity index (χ1) is 5.93. The van der Waals surface area contributed by atoms with Crippen LogP contribution in [0.2, 0.25) is 0 Å². The van der Waals surface area contributed by atoms with Crippen LogP contribution >= 0.6 is 0 Å². The molecule has 0 bridgehead atoms. The number of rotatable bonds is 5. The molecule has 1 aromatic carbocycles. The van der Waals surface area contributed by atoms with E-state index in [1.807, 2.05) is 6.07 Å². The first kappa shape index (κ1) is 13.5. The Labute approximate surface area is 122 Å². The van der Waals surface area contributed by atoms with E-state index in [0.717, 1.165) is 25.5 Å². The minimum absolute atomic E-state index is 0. The fraction of sp³-hybridized carbons (Fsp3) is 0.364. The number of unbranched alkanes of at least 4 members (excludes halogenated alkanes) is 2. The average Bonchev–Trinajstić information content (AvgIpc) is 2.14. The summed E-state index contributed by atoms with van der Waals surface area (Å²) >= 11 is 0. The van der Waals surface area contributed by atoms with Gasteiger partial charge in [-0.3, -0.25) is 0 Å². The zero-order valence-electron chi connectivity index (χ0n) is 7.20. The fourth-order valence-corrected chi connectivity index (χ4v) is 1.20. The Kier molecular flexibility index (Phi) is 9.46. The van der Waals surface area contributed by atoms with Crippen molar-refractivity contribution in [2.75, 3.05) is 0 Å². The maximum absolute atomic E-state index is 10.0. The molecule has 0 aliphatic rings. The minimum atomic E-state index is 0. The molecule has 0 aromatic heterocycles. The van der Waals surface area contributed by atoms with E-state index < -0.39 is 0 Å². The first-order valence-electron chi connectivity index (χ1n) is 4.41. The van der Waals surface area contributed by atoms with Crippen LogP contribution in [0.15, 0.2) is 30.3 Å². The van der Waals surface area contributed by atoms with Gasteiger partial charge >= 0.3 is 51.4 Å². The van der Waals surface area contributed by atoms with Gasteiger partial charge < -0.3 is 4.79 Å². The molecule has 0 atom stereocenters. The van der Waals surface area contributed by atoms with Crippen molar-refractivity contribution in [2.24, 2.45) is 0 Å². The Balaban J connectivity index is 0.00000144. The maximum atomic E-state index is 10.0. The van der Waals surface area contributed by atoms with E-state index in [-0.39, 0.29) is 51.4 Å². The van der Waals surface area contributed by atoms with Gasteiger partial charge in [-0.1, -0.05) is 30.3 Å². The summed E-state index contributed by atoms with van der Waals surface area (Å²) in [6.07, 6.45) is 4.91. The van der Waals surface area contributed by atoms with Crippen molar-refractivity contribution >= 4 is 57.7 Å². The van der Waals surface area contributed by atoms with Gasteiger partial charge in [-0.05, 0) is 24.8 Å². The molecule has 0 radical (unpaired) electrons. The summed E-state index contributed by atoms with van der Waals surface area (Å²) in [5, 5.41) is 0. The summed E-state index contributed by atoms with van der Waals surface area (Å²) in [4.78, 5) is 10.0. The monoisotopic (exact) mass is 202 g/mol. The molecule has 66 valence electrons. The molecule has 1 nitrogen and oxygen atoms in total. The number of aryl methyl sites for hydroxylation is 1. The molecule has 13 heavy (non-hydrogen) atoms. The summed E-state index contributed by atoms with van der Waals surface area (Å²) in [5.41, 5.74) is 1.36. The van der Waals surface area contributed by atoms with Gasteiger partial charge in [-0.15, -0.1) is 0 Å². The molecule has 1 aromatic rings. The molecule has 1 rings (SSSR count). The summed E-state index contributed by atoms with van der Waals surface area (Å²) in [7, 11) is 0. The molecular formula is C11H15KO. The third-order valence-electron chi connectivity index (χ3n) is 1.88. The SMILES string of the molecule is O=CCCCCc1ccccc1.[KH]. The zero-order valence-corrected chi connectivity index (χ0v) is 7.20. The molecule has 2 heteroatoms. The fourth-order valence-electron chi connectivity index (χ4n) is 1.20. The van der Waals surface area contributed by atoms with Gasteiger partial charge in [0.2, 0.25) is 0 Å². The topological polar surface area (TPSA) is 17.1 Å². The molecule has 0 fully saturated rings. The van der Waals surface area contributed by atoms with Crippen LogP contribution in [-0.2, 0) is 11.2 Å². The van der Waals surface area contributed by atoms with Crippen molar-refractivity contribution in [3.05, 3.63) is 35.9 Å². The molecule has 0 aliphatic carbocycles. The van der Waals surface area contributed by atoms with E-state index in [1.54, 1.807) is 0 Å². The van der Waals surface area contributed by atoms with E-state index in [9.17, 15) is 4.79 Å². The third kappa shape index (κ3) is 6.58. The standard InChI is InChI=1S/C11H14O.K.H/c12-10-6-2-5-9-11-7-3-1-4-8-11;;/h1,3-4,7-8,10H,2,5-6,9H2;;. The number of hydrogen-bond acceptors (Lipinski definition) is 1. The van der Waals surface area contributed by atoms with E-state index >= 15 is 0 Å². The molecule has 0 amide bonds. The zero-order chi connectivity index (χ0) is 8.65. The van der Waals surface area contributed by atoms with E-state index in [1.165, 1.54) is 5.56 Å². The second-order valence-electron chi connectivity index (χ2n) is 2.90. The van der Waals surface area contributed by atoms with Crippen LogP contribution in [0.1, 0.15) is 24.8 Å². The van der Waals surface area contributed by atoms with Crippen molar-refractivity contribution in [3.8, 4) is 0 Å². The van der Waals surface area contributed by atoms with Crippen LogP contribution in [-0.4, -0.2) is 57.7 Å². The van der Waals surface area contributed by atoms with Gasteiger partial charge in [0.15, 0.2) is 0 Å². The number of carbonyl (C=O) groups excluding carboxylic acids is 1. The van der Waals surface area contributed by atoms with Crippen LogP contribution in [0.3, 0.4) is 0 Å². The summed E-state index contributed by atoms with van der Waals surface area (Å²) < 4.78 is 0. The molecule has 0 saturated heterocycles. The van der Waals surface area contributed by atoms with Gasteiger partial charge in [-0.2, -0.15) is 0 Å². The molecular weight excluding hydrogens is 187 g/mol. The predicted octanol–water partition coefficient (Wildman–Crippen LogP) is 1.95. The van der Waals surface area contributed by atoms with Crippen LogP contribution in [0.4, 0.5) is 0 Å². The van der Waals surface area contributed by atoms with Crippen molar-refractivity contribution < 1.29 is 4.79 Å². The second-order valence-corrected chi connectivity index (χ2v) is 2.90. The molecule has 0 aliphatic heterocycles.